The van der Waals surface area contributed by atoms with Gasteiger partial charge in [0.05, 0.1) is 27.8 Å². The molecule has 0 unspecified atom stereocenters. The van der Waals surface area contributed by atoms with E-state index in [0.29, 0.717) is 21.6 Å². The molecule has 0 radical (unpaired) electrons. The first-order chi connectivity index (χ1) is 12.5. The average Bonchev–Trinajstić information content (AvgIpc) is 3.08. The second-order valence-electron chi connectivity index (χ2n) is 6.83. The molecule has 1 aliphatic heterocycles. The van der Waals surface area contributed by atoms with Crippen molar-refractivity contribution in [2.75, 3.05) is 32.1 Å². The van der Waals surface area contributed by atoms with E-state index in [-0.39, 0.29) is 11.5 Å². The van der Waals surface area contributed by atoms with Crippen molar-refractivity contribution in [3.05, 3.63) is 39.3 Å². The molecule has 0 aliphatic carbocycles. The van der Waals surface area contributed by atoms with Gasteiger partial charge in [-0.15, -0.1) is 0 Å². The molecule has 1 amide bonds. The molecule has 1 aliphatic rings. The summed E-state index contributed by atoms with van der Waals surface area (Å²) in [6.07, 6.45) is 5.02. The summed E-state index contributed by atoms with van der Waals surface area (Å²) in [7, 11) is 3.33. The predicted octanol–water partition coefficient (Wildman–Crippen LogP) is 2.52. The maximum absolute atomic E-state index is 12.5. The van der Waals surface area contributed by atoms with Gasteiger partial charge in [0, 0.05) is 27.2 Å². The number of H-pyrrole nitrogens is 1. The van der Waals surface area contributed by atoms with Crippen LogP contribution < -0.4 is 10.5 Å². The summed E-state index contributed by atoms with van der Waals surface area (Å²) in [5, 5.41) is 0.350. The highest BCUT2D eigenvalue weighted by Crippen LogP contribution is 2.27. The summed E-state index contributed by atoms with van der Waals surface area (Å²) in [5.74, 6) is 0.540. The molecule has 0 saturated carbocycles. The lowest BCUT2D eigenvalue weighted by atomic mass is 10.1. The smallest absolute Gasteiger partial charge is 0.274 e. The van der Waals surface area contributed by atoms with Crippen molar-refractivity contribution >= 4 is 40.0 Å². The number of imidazole rings is 1. The van der Waals surface area contributed by atoms with Crippen LogP contribution in [0.5, 0.6) is 0 Å². The molecule has 2 aromatic heterocycles. The van der Waals surface area contributed by atoms with Crippen molar-refractivity contribution in [3.63, 3.8) is 0 Å². The standard InChI is InChI=1S/C18H20ClN5O2/c1-22(2)17(26)11-8-13-14(9-12(11)19)24-15(16(25)21-13)10-20-18(24)23-6-4-3-5-7-23/h8-10H,3-7H2,1-2H3,(H,21,25). The number of nitrogens with one attached hydrogen (secondary N) is 1. The third kappa shape index (κ3) is 2.63. The lowest BCUT2D eigenvalue weighted by Gasteiger charge is -2.27. The Balaban J connectivity index is 1.99. The van der Waals surface area contributed by atoms with Gasteiger partial charge in [-0.2, -0.15) is 0 Å². The minimum atomic E-state index is -0.237. The number of rotatable bonds is 2. The third-order valence-corrected chi connectivity index (χ3v) is 5.14. The first kappa shape index (κ1) is 16.9. The summed E-state index contributed by atoms with van der Waals surface area (Å²) < 4.78 is 1.84. The zero-order valence-corrected chi connectivity index (χ0v) is 15.5. The van der Waals surface area contributed by atoms with Gasteiger partial charge in [0.1, 0.15) is 5.52 Å². The predicted molar refractivity (Wildman–Crippen MR) is 102 cm³/mol. The summed E-state index contributed by atoms with van der Waals surface area (Å²) in [6.45, 7) is 1.83. The minimum Gasteiger partial charge on any atom is -0.345 e. The molecular formula is C18H20ClN5O2. The molecule has 1 aromatic carbocycles. The van der Waals surface area contributed by atoms with E-state index in [1.807, 2.05) is 4.40 Å². The second-order valence-corrected chi connectivity index (χ2v) is 7.24. The van der Waals surface area contributed by atoms with Gasteiger partial charge in [0.2, 0.25) is 5.95 Å². The van der Waals surface area contributed by atoms with Crippen LogP contribution in [0.25, 0.3) is 16.6 Å². The zero-order chi connectivity index (χ0) is 18.4. The molecule has 7 nitrogen and oxygen atoms in total. The largest absolute Gasteiger partial charge is 0.345 e. The van der Waals surface area contributed by atoms with Crippen LogP contribution in [0.4, 0.5) is 5.95 Å². The molecule has 0 atom stereocenters. The summed E-state index contributed by atoms with van der Waals surface area (Å²) in [5.41, 5.74) is 1.89. The van der Waals surface area contributed by atoms with Crippen molar-refractivity contribution in [1.29, 1.82) is 0 Å². The van der Waals surface area contributed by atoms with Gasteiger partial charge in [-0.05, 0) is 31.4 Å². The molecule has 8 heteroatoms. The van der Waals surface area contributed by atoms with Crippen molar-refractivity contribution in [2.45, 2.75) is 19.3 Å². The SMILES string of the molecule is CN(C)C(=O)c1cc2[nH]c(=O)c3cnc(N4CCCCC4)n3c2cc1Cl. The maximum Gasteiger partial charge on any atom is 0.274 e. The van der Waals surface area contributed by atoms with E-state index in [1.165, 1.54) is 11.3 Å². The average molecular weight is 374 g/mol. The fraction of sp³-hybridized carbons (Fsp3) is 0.389. The lowest BCUT2D eigenvalue weighted by molar-refractivity contribution is 0.0828. The zero-order valence-electron chi connectivity index (χ0n) is 14.8. The Hall–Kier alpha value is -2.54. The van der Waals surface area contributed by atoms with Crippen LogP contribution in [0.2, 0.25) is 5.02 Å². The molecule has 26 heavy (non-hydrogen) atoms. The number of aromatic amines is 1. The number of anilines is 1. The number of nitrogens with zero attached hydrogens (tertiary/aromatic N) is 4. The van der Waals surface area contributed by atoms with Crippen LogP contribution in [0.1, 0.15) is 29.6 Å². The first-order valence-electron chi connectivity index (χ1n) is 8.67. The van der Waals surface area contributed by atoms with Gasteiger partial charge >= 0.3 is 0 Å². The molecule has 1 fully saturated rings. The van der Waals surface area contributed by atoms with Crippen molar-refractivity contribution in [2.24, 2.45) is 0 Å². The van der Waals surface area contributed by atoms with Gasteiger partial charge in [-0.3, -0.25) is 14.0 Å². The monoisotopic (exact) mass is 373 g/mol. The number of hydrogen-bond donors (Lipinski definition) is 1. The summed E-state index contributed by atoms with van der Waals surface area (Å²) in [6, 6.07) is 3.37. The Bertz CT molecular complexity index is 1060. The van der Waals surface area contributed by atoms with Crippen LogP contribution in [-0.4, -0.2) is 52.4 Å². The number of amides is 1. The number of benzene rings is 1. The quantitative estimate of drug-likeness (QED) is 0.749. The van der Waals surface area contributed by atoms with Crippen molar-refractivity contribution < 1.29 is 4.79 Å². The van der Waals surface area contributed by atoms with Gasteiger partial charge in [0.25, 0.3) is 11.5 Å². The Morgan fingerprint density at radius 2 is 1.92 bits per heavy atom. The summed E-state index contributed by atoms with van der Waals surface area (Å²) in [4.78, 5) is 35.9. The number of fused-ring (bicyclic) bond motifs is 3. The summed E-state index contributed by atoms with van der Waals surface area (Å²) >= 11 is 6.40. The lowest BCUT2D eigenvalue weighted by Crippen LogP contribution is -2.31. The normalized spacial score (nSPS) is 15.0. The molecule has 0 bridgehead atoms. The first-order valence-corrected chi connectivity index (χ1v) is 9.05. The van der Waals surface area contributed by atoms with Gasteiger partial charge < -0.3 is 14.8 Å². The number of carbonyl (C=O) groups excluding carboxylic acids is 1. The highest BCUT2D eigenvalue weighted by atomic mass is 35.5. The topological polar surface area (TPSA) is 73.7 Å². The van der Waals surface area contributed by atoms with Gasteiger partial charge in [0.15, 0.2) is 0 Å². The number of piperidine rings is 1. The highest BCUT2D eigenvalue weighted by Gasteiger charge is 2.21. The van der Waals surface area contributed by atoms with E-state index >= 15 is 0 Å². The molecular weight excluding hydrogens is 354 g/mol. The van der Waals surface area contributed by atoms with Crippen LogP contribution in [0, 0.1) is 0 Å². The second kappa shape index (κ2) is 6.32. The number of aromatic nitrogens is 3. The Kier molecular flexibility index (Phi) is 4.11. The van der Waals surface area contributed by atoms with Crippen LogP contribution in [-0.2, 0) is 0 Å². The van der Waals surface area contributed by atoms with Gasteiger partial charge in [-0.1, -0.05) is 11.6 Å². The fourth-order valence-corrected chi connectivity index (χ4v) is 3.73. The van der Waals surface area contributed by atoms with Crippen molar-refractivity contribution in [3.8, 4) is 0 Å². The molecule has 1 N–H and O–H groups in total. The van der Waals surface area contributed by atoms with E-state index < -0.39 is 0 Å². The minimum absolute atomic E-state index is 0.209. The fourth-order valence-electron chi connectivity index (χ4n) is 3.50. The Morgan fingerprint density at radius 1 is 1.19 bits per heavy atom. The van der Waals surface area contributed by atoms with Crippen LogP contribution in [0.15, 0.2) is 23.1 Å². The molecule has 0 spiro atoms. The highest BCUT2D eigenvalue weighted by molar-refractivity contribution is 6.34. The maximum atomic E-state index is 12.5. The van der Waals surface area contributed by atoms with E-state index in [9.17, 15) is 9.59 Å². The number of hydrogen-bond acceptors (Lipinski definition) is 4. The van der Waals surface area contributed by atoms with Gasteiger partial charge in [-0.25, -0.2) is 4.98 Å². The molecule has 136 valence electrons. The molecule has 3 heterocycles. The molecule has 3 aromatic rings. The Morgan fingerprint density at radius 3 is 2.62 bits per heavy atom. The number of carbonyl (C=O) groups is 1. The van der Waals surface area contributed by atoms with E-state index in [1.54, 1.807) is 32.4 Å². The van der Waals surface area contributed by atoms with Crippen molar-refractivity contribution in [1.82, 2.24) is 19.3 Å². The Labute approximate surface area is 155 Å². The third-order valence-electron chi connectivity index (χ3n) is 4.83. The van der Waals surface area contributed by atoms with Crippen LogP contribution in [0.3, 0.4) is 0 Å². The number of halogens is 1. The molecule has 4 rings (SSSR count). The van der Waals surface area contributed by atoms with E-state index in [4.69, 9.17) is 11.6 Å². The molecule has 1 saturated heterocycles. The van der Waals surface area contributed by atoms with E-state index in [2.05, 4.69) is 14.9 Å². The van der Waals surface area contributed by atoms with Crippen LogP contribution >= 0.6 is 11.6 Å². The van der Waals surface area contributed by atoms with E-state index in [0.717, 1.165) is 37.4 Å².